The molecule has 148 valence electrons. The Morgan fingerprint density at radius 3 is 2.45 bits per heavy atom. The molecule has 0 fully saturated rings. The van der Waals surface area contributed by atoms with Crippen LogP contribution in [0.15, 0.2) is 68.7 Å². The van der Waals surface area contributed by atoms with Crippen molar-refractivity contribution >= 4 is 15.7 Å². The average Bonchev–Trinajstić information content (AvgIpc) is 3.33. The molecule has 0 spiro atoms. The maximum atomic E-state index is 13.1. The Labute approximate surface area is 168 Å². The van der Waals surface area contributed by atoms with Crippen molar-refractivity contribution in [1.82, 2.24) is 10.3 Å². The highest BCUT2D eigenvalue weighted by Crippen LogP contribution is 2.31. The molecule has 8 heteroatoms. The van der Waals surface area contributed by atoms with E-state index < -0.39 is 10.0 Å². The Kier molecular flexibility index (Phi) is 4.71. The second-order valence-corrected chi connectivity index (χ2v) is 8.39. The summed E-state index contributed by atoms with van der Waals surface area (Å²) in [7, 11) is -3.82. The lowest BCUT2D eigenvalue weighted by molar-refractivity contribution is 0.393. The minimum Gasteiger partial charge on any atom is -0.361 e. The topological polar surface area (TPSA) is 98.2 Å². The highest BCUT2D eigenvalue weighted by molar-refractivity contribution is 7.92. The first kappa shape index (κ1) is 18.9. The highest BCUT2D eigenvalue weighted by atomic mass is 32.2. The average molecular weight is 409 g/mol. The maximum absolute atomic E-state index is 13.1. The molecule has 0 unspecified atom stereocenters. The third-order valence-corrected chi connectivity index (χ3v) is 6.16. The zero-order valence-corrected chi connectivity index (χ0v) is 16.9. The van der Waals surface area contributed by atoms with Crippen LogP contribution >= 0.6 is 0 Å². The van der Waals surface area contributed by atoms with Gasteiger partial charge in [0.15, 0.2) is 5.76 Å². The molecular formula is C21H19N3O4S. The summed E-state index contributed by atoms with van der Waals surface area (Å²) in [6, 6.07) is 14.0. The fourth-order valence-electron chi connectivity index (χ4n) is 3.25. The SMILES string of the molecule is Cc1ccc(-c2c(C)noc2C)cc1S(=O)(=O)Nc1cccc(-c2ccno2)c1. The minimum atomic E-state index is -3.82. The monoisotopic (exact) mass is 409 g/mol. The highest BCUT2D eigenvalue weighted by Gasteiger charge is 2.20. The number of hydrogen-bond donors (Lipinski definition) is 1. The number of sulfonamides is 1. The van der Waals surface area contributed by atoms with Gasteiger partial charge in [0, 0.05) is 22.9 Å². The molecule has 0 saturated heterocycles. The number of aryl methyl sites for hydroxylation is 3. The van der Waals surface area contributed by atoms with Crippen LogP contribution in [0.1, 0.15) is 17.0 Å². The molecule has 2 aromatic carbocycles. The van der Waals surface area contributed by atoms with Crippen LogP contribution in [0.5, 0.6) is 0 Å². The molecule has 7 nitrogen and oxygen atoms in total. The predicted octanol–water partition coefficient (Wildman–Crippen LogP) is 4.72. The van der Waals surface area contributed by atoms with Crippen LogP contribution in [-0.2, 0) is 10.0 Å². The third-order valence-electron chi connectivity index (χ3n) is 4.64. The lowest BCUT2D eigenvalue weighted by atomic mass is 10.0. The zero-order chi connectivity index (χ0) is 20.6. The summed E-state index contributed by atoms with van der Waals surface area (Å²) in [6.07, 6.45) is 1.54. The summed E-state index contributed by atoms with van der Waals surface area (Å²) in [5.74, 6) is 1.20. The smallest absolute Gasteiger partial charge is 0.262 e. The first-order valence-corrected chi connectivity index (χ1v) is 10.4. The van der Waals surface area contributed by atoms with Crippen LogP contribution in [-0.4, -0.2) is 18.7 Å². The van der Waals surface area contributed by atoms with Gasteiger partial charge in [0.2, 0.25) is 0 Å². The van der Waals surface area contributed by atoms with E-state index in [1.54, 1.807) is 50.2 Å². The van der Waals surface area contributed by atoms with E-state index in [4.69, 9.17) is 9.05 Å². The molecule has 1 N–H and O–H groups in total. The Bertz CT molecular complexity index is 1260. The van der Waals surface area contributed by atoms with E-state index in [-0.39, 0.29) is 4.90 Å². The molecule has 29 heavy (non-hydrogen) atoms. The molecule has 2 heterocycles. The summed E-state index contributed by atoms with van der Waals surface area (Å²) in [5.41, 5.74) is 4.04. The molecule has 0 amide bonds. The van der Waals surface area contributed by atoms with Crippen molar-refractivity contribution < 1.29 is 17.5 Å². The van der Waals surface area contributed by atoms with Crippen molar-refractivity contribution in [3.63, 3.8) is 0 Å². The maximum Gasteiger partial charge on any atom is 0.262 e. The van der Waals surface area contributed by atoms with Gasteiger partial charge >= 0.3 is 0 Å². The second kappa shape index (κ2) is 7.21. The molecular weight excluding hydrogens is 390 g/mol. The van der Waals surface area contributed by atoms with Crippen LogP contribution in [0, 0.1) is 20.8 Å². The predicted molar refractivity (Wildman–Crippen MR) is 109 cm³/mol. The number of benzene rings is 2. The van der Waals surface area contributed by atoms with Crippen molar-refractivity contribution in [1.29, 1.82) is 0 Å². The van der Waals surface area contributed by atoms with E-state index in [0.717, 1.165) is 16.7 Å². The fraction of sp³-hybridized carbons (Fsp3) is 0.143. The van der Waals surface area contributed by atoms with Gasteiger partial charge in [-0.25, -0.2) is 8.42 Å². The normalized spacial score (nSPS) is 11.6. The van der Waals surface area contributed by atoms with Gasteiger partial charge in [0.1, 0.15) is 5.76 Å². The van der Waals surface area contributed by atoms with Crippen molar-refractivity contribution in [2.75, 3.05) is 4.72 Å². The summed E-state index contributed by atoms with van der Waals surface area (Å²) in [6.45, 7) is 5.39. The molecule has 0 aliphatic heterocycles. The van der Waals surface area contributed by atoms with Crippen LogP contribution in [0.3, 0.4) is 0 Å². The molecule has 0 bridgehead atoms. The van der Waals surface area contributed by atoms with Gasteiger partial charge in [-0.2, -0.15) is 0 Å². The largest absolute Gasteiger partial charge is 0.361 e. The minimum absolute atomic E-state index is 0.195. The van der Waals surface area contributed by atoms with Gasteiger partial charge in [-0.05, 0) is 50.1 Å². The van der Waals surface area contributed by atoms with Crippen LogP contribution in [0.25, 0.3) is 22.5 Å². The van der Waals surface area contributed by atoms with E-state index in [1.807, 2.05) is 19.1 Å². The van der Waals surface area contributed by atoms with Gasteiger partial charge in [0.25, 0.3) is 10.0 Å². The van der Waals surface area contributed by atoms with Crippen molar-refractivity contribution in [2.45, 2.75) is 25.7 Å². The van der Waals surface area contributed by atoms with Crippen molar-refractivity contribution in [3.05, 3.63) is 71.7 Å². The number of anilines is 1. The molecule has 4 aromatic rings. The lowest BCUT2D eigenvalue weighted by Gasteiger charge is -2.12. The fourth-order valence-corrected chi connectivity index (χ4v) is 4.57. The van der Waals surface area contributed by atoms with E-state index in [0.29, 0.717) is 28.5 Å². The van der Waals surface area contributed by atoms with Gasteiger partial charge in [-0.1, -0.05) is 34.6 Å². The van der Waals surface area contributed by atoms with E-state index in [1.165, 1.54) is 6.20 Å². The van der Waals surface area contributed by atoms with E-state index >= 15 is 0 Å². The Morgan fingerprint density at radius 2 is 1.76 bits per heavy atom. The summed E-state index contributed by atoms with van der Waals surface area (Å²) in [5, 5.41) is 7.64. The second-order valence-electron chi connectivity index (χ2n) is 6.74. The van der Waals surface area contributed by atoms with Crippen LogP contribution in [0.2, 0.25) is 0 Å². The Balaban J connectivity index is 1.71. The lowest BCUT2D eigenvalue weighted by Crippen LogP contribution is -2.14. The molecule has 0 aliphatic rings. The van der Waals surface area contributed by atoms with Crippen LogP contribution < -0.4 is 4.72 Å². The number of aromatic nitrogens is 2. The van der Waals surface area contributed by atoms with Crippen LogP contribution in [0.4, 0.5) is 5.69 Å². The molecule has 0 atom stereocenters. The first-order valence-electron chi connectivity index (χ1n) is 8.93. The molecule has 4 rings (SSSR count). The first-order chi connectivity index (χ1) is 13.8. The quantitative estimate of drug-likeness (QED) is 0.512. The van der Waals surface area contributed by atoms with E-state index in [9.17, 15) is 8.42 Å². The standard InChI is InChI=1S/C21H19N3O4S/c1-13-7-8-17(21-14(2)23-27-15(21)3)12-20(13)29(25,26)24-18-6-4-5-16(11-18)19-9-10-22-28-19/h4-12,24H,1-3H3. The van der Waals surface area contributed by atoms with E-state index in [2.05, 4.69) is 15.0 Å². The van der Waals surface area contributed by atoms with Gasteiger partial charge in [-0.15, -0.1) is 0 Å². The number of rotatable bonds is 5. The molecule has 0 radical (unpaired) electrons. The third kappa shape index (κ3) is 3.66. The summed E-state index contributed by atoms with van der Waals surface area (Å²) in [4.78, 5) is 0.195. The Morgan fingerprint density at radius 1 is 0.931 bits per heavy atom. The summed E-state index contributed by atoms with van der Waals surface area (Å²) < 4.78 is 39.3. The van der Waals surface area contributed by atoms with Crippen molar-refractivity contribution in [2.24, 2.45) is 0 Å². The van der Waals surface area contributed by atoms with Crippen molar-refractivity contribution in [3.8, 4) is 22.5 Å². The zero-order valence-electron chi connectivity index (χ0n) is 16.1. The number of nitrogens with one attached hydrogen (secondary N) is 1. The molecule has 0 saturated carbocycles. The summed E-state index contributed by atoms with van der Waals surface area (Å²) >= 11 is 0. The molecule has 2 aromatic heterocycles. The Hall–Kier alpha value is -3.39. The van der Waals surface area contributed by atoms with Gasteiger partial charge in [0.05, 0.1) is 16.8 Å². The van der Waals surface area contributed by atoms with Gasteiger partial charge < -0.3 is 9.05 Å². The molecule has 0 aliphatic carbocycles. The number of nitrogens with zero attached hydrogens (tertiary/aromatic N) is 2. The number of hydrogen-bond acceptors (Lipinski definition) is 6. The van der Waals surface area contributed by atoms with Gasteiger partial charge in [-0.3, -0.25) is 4.72 Å².